The number of anilines is 2. The molecule has 0 atom stereocenters. The first-order chi connectivity index (χ1) is 8.80. The summed E-state index contributed by atoms with van der Waals surface area (Å²) in [6.45, 7) is 12.2. The average molecular weight is 263 g/mol. The third kappa shape index (κ3) is 5.01. The van der Waals surface area contributed by atoms with E-state index in [1.54, 1.807) is 12.2 Å². The molecule has 0 fully saturated rings. The minimum atomic E-state index is 0.531. The topological polar surface area (TPSA) is 62.7 Å². The van der Waals surface area contributed by atoms with Crippen LogP contribution < -0.4 is 10.6 Å². The average Bonchev–Trinajstić information content (AvgIpc) is 2.40. The number of hydrogen-bond donors (Lipinski definition) is 2. The van der Waals surface area contributed by atoms with Gasteiger partial charge < -0.3 is 10.6 Å². The first-order valence-corrected chi connectivity index (χ1v) is 6.48. The van der Waals surface area contributed by atoms with E-state index >= 15 is 0 Å². The highest BCUT2D eigenvalue weighted by Crippen LogP contribution is 2.16. The molecule has 1 aromatic heterocycles. The van der Waals surface area contributed by atoms with Crippen LogP contribution in [0.2, 0.25) is 0 Å². The molecule has 0 saturated carbocycles. The van der Waals surface area contributed by atoms with Gasteiger partial charge in [-0.25, -0.2) is 0 Å². The van der Waals surface area contributed by atoms with Crippen molar-refractivity contribution in [3.8, 4) is 0 Å². The van der Waals surface area contributed by atoms with Crippen LogP contribution in [-0.4, -0.2) is 33.8 Å². The van der Waals surface area contributed by atoms with Crippen molar-refractivity contribution in [2.45, 2.75) is 5.16 Å². The standard InChI is InChI=1S/C12H17N5S/c1-4-7-13-10-15-11(14-8-5-2)17-12(16-10)18-9-6-3/h4-6H,1-3,7-9H2,(H2,13,14,15,16,17). The van der Waals surface area contributed by atoms with Crippen molar-refractivity contribution in [2.75, 3.05) is 29.5 Å². The van der Waals surface area contributed by atoms with Crippen LogP contribution in [0.4, 0.5) is 11.9 Å². The summed E-state index contributed by atoms with van der Waals surface area (Å²) in [7, 11) is 0. The minimum absolute atomic E-state index is 0.531. The molecule has 0 aliphatic rings. The molecule has 0 bridgehead atoms. The highest BCUT2D eigenvalue weighted by Gasteiger charge is 2.05. The SMILES string of the molecule is C=CCNc1nc(NCC=C)nc(SCC=C)n1. The summed E-state index contributed by atoms with van der Waals surface area (Å²) in [6, 6.07) is 0. The van der Waals surface area contributed by atoms with Crippen LogP contribution >= 0.6 is 11.8 Å². The Balaban J connectivity index is 2.83. The fraction of sp³-hybridized carbons (Fsp3) is 0.250. The third-order valence-corrected chi connectivity index (χ3v) is 2.60. The fourth-order valence-corrected chi connectivity index (χ4v) is 1.61. The van der Waals surface area contributed by atoms with Gasteiger partial charge in [-0.3, -0.25) is 0 Å². The lowest BCUT2D eigenvalue weighted by Crippen LogP contribution is -2.10. The molecule has 0 saturated heterocycles. The minimum Gasteiger partial charge on any atom is -0.351 e. The van der Waals surface area contributed by atoms with E-state index in [1.807, 2.05) is 6.08 Å². The summed E-state index contributed by atoms with van der Waals surface area (Å²) in [6.07, 6.45) is 5.30. The van der Waals surface area contributed by atoms with Crippen molar-refractivity contribution in [2.24, 2.45) is 0 Å². The van der Waals surface area contributed by atoms with E-state index in [1.165, 1.54) is 11.8 Å². The van der Waals surface area contributed by atoms with E-state index in [-0.39, 0.29) is 0 Å². The number of nitrogens with one attached hydrogen (secondary N) is 2. The monoisotopic (exact) mass is 263 g/mol. The maximum Gasteiger partial charge on any atom is 0.228 e. The normalized spacial score (nSPS) is 9.56. The van der Waals surface area contributed by atoms with E-state index in [4.69, 9.17) is 0 Å². The second kappa shape index (κ2) is 8.30. The Morgan fingerprint density at radius 1 is 0.889 bits per heavy atom. The largest absolute Gasteiger partial charge is 0.351 e. The second-order valence-corrected chi connectivity index (χ2v) is 4.19. The van der Waals surface area contributed by atoms with Gasteiger partial charge in [-0.05, 0) is 0 Å². The van der Waals surface area contributed by atoms with E-state index in [0.29, 0.717) is 30.1 Å². The van der Waals surface area contributed by atoms with Gasteiger partial charge in [0.15, 0.2) is 5.16 Å². The quantitative estimate of drug-likeness (QED) is 0.527. The lowest BCUT2D eigenvalue weighted by Gasteiger charge is -2.07. The van der Waals surface area contributed by atoms with Gasteiger partial charge in [0, 0.05) is 18.8 Å². The molecule has 0 radical (unpaired) electrons. The maximum absolute atomic E-state index is 4.28. The molecule has 2 N–H and O–H groups in total. The summed E-state index contributed by atoms with van der Waals surface area (Å²) in [5.74, 6) is 1.82. The number of nitrogens with zero attached hydrogens (tertiary/aromatic N) is 3. The van der Waals surface area contributed by atoms with Gasteiger partial charge in [-0.15, -0.1) is 19.7 Å². The van der Waals surface area contributed by atoms with E-state index < -0.39 is 0 Å². The summed E-state index contributed by atoms with van der Waals surface area (Å²) in [4.78, 5) is 12.8. The molecule has 96 valence electrons. The Labute approximate surface area is 112 Å². The van der Waals surface area contributed by atoms with Crippen molar-refractivity contribution < 1.29 is 0 Å². The molecule has 1 rings (SSSR count). The van der Waals surface area contributed by atoms with E-state index in [0.717, 1.165) is 5.75 Å². The summed E-state index contributed by atoms with van der Waals surface area (Å²) < 4.78 is 0. The van der Waals surface area contributed by atoms with Crippen LogP contribution in [0.3, 0.4) is 0 Å². The predicted molar refractivity (Wildman–Crippen MR) is 78.1 cm³/mol. The van der Waals surface area contributed by atoms with Gasteiger partial charge in [-0.1, -0.05) is 30.0 Å². The fourth-order valence-electron chi connectivity index (χ4n) is 1.04. The van der Waals surface area contributed by atoms with Crippen LogP contribution in [0.15, 0.2) is 43.1 Å². The highest BCUT2D eigenvalue weighted by atomic mass is 32.2. The van der Waals surface area contributed by atoms with Gasteiger partial charge in [0.1, 0.15) is 0 Å². The molecule has 0 aliphatic heterocycles. The zero-order chi connectivity index (χ0) is 13.2. The summed E-state index contributed by atoms with van der Waals surface area (Å²) in [5.41, 5.74) is 0. The molecular formula is C12H17N5S. The van der Waals surface area contributed by atoms with Crippen LogP contribution in [-0.2, 0) is 0 Å². The van der Waals surface area contributed by atoms with Gasteiger partial charge in [0.2, 0.25) is 11.9 Å². The Hall–Kier alpha value is -1.82. The first kappa shape index (κ1) is 14.2. The molecule has 0 unspecified atom stereocenters. The molecule has 1 heterocycles. The van der Waals surface area contributed by atoms with Gasteiger partial charge in [0.25, 0.3) is 0 Å². The number of aromatic nitrogens is 3. The van der Waals surface area contributed by atoms with Crippen LogP contribution in [0.5, 0.6) is 0 Å². The molecule has 5 nitrogen and oxygen atoms in total. The van der Waals surface area contributed by atoms with Crippen LogP contribution in [0.25, 0.3) is 0 Å². The molecule has 1 aromatic rings. The van der Waals surface area contributed by atoms with E-state index in [9.17, 15) is 0 Å². The zero-order valence-electron chi connectivity index (χ0n) is 10.2. The number of thioether (sulfide) groups is 1. The van der Waals surface area contributed by atoms with Crippen molar-refractivity contribution in [1.29, 1.82) is 0 Å². The van der Waals surface area contributed by atoms with Crippen molar-refractivity contribution >= 4 is 23.7 Å². The summed E-state index contributed by atoms with van der Waals surface area (Å²) in [5, 5.41) is 6.74. The molecule has 0 aromatic carbocycles. The van der Waals surface area contributed by atoms with Crippen LogP contribution in [0.1, 0.15) is 0 Å². The Morgan fingerprint density at radius 3 is 1.89 bits per heavy atom. The maximum atomic E-state index is 4.28. The van der Waals surface area contributed by atoms with Crippen molar-refractivity contribution in [1.82, 2.24) is 15.0 Å². The molecule has 6 heteroatoms. The van der Waals surface area contributed by atoms with Gasteiger partial charge in [0.05, 0.1) is 0 Å². The number of hydrogen-bond acceptors (Lipinski definition) is 6. The molecular weight excluding hydrogens is 246 g/mol. The molecule has 0 spiro atoms. The molecule has 0 amide bonds. The third-order valence-electron chi connectivity index (χ3n) is 1.75. The Bertz CT molecular complexity index is 345. The van der Waals surface area contributed by atoms with Crippen molar-refractivity contribution in [3.05, 3.63) is 38.0 Å². The van der Waals surface area contributed by atoms with Crippen molar-refractivity contribution in [3.63, 3.8) is 0 Å². The van der Waals surface area contributed by atoms with Gasteiger partial charge in [-0.2, -0.15) is 15.0 Å². The van der Waals surface area contributed by atoms with E-state index in [2.05, 4.69) is 45.3 Å². The predicted octanol–water partition coefficient (Wildman–Crippen LogP) is 2.35. The first-order valence-electron chi connectivity index (χ1n) is 5.49. The second-order valence-electron chi connectivity index (χ2n) is 3.20. The van der Waals surface area contributed by atoms with Gasteiger partial charge >= 0.3 is 0 Å². The zero-order valence-corrected chi connectivity index (χ0v) is 11.0. The molecule has 0 aliphatic carbocycles. The molecule has 18 heavy (non-hydrogen) atoms. The smallest absolute Gasteiger partial charge is 0.228 e. The lowest BCUT2D eigenvalue weighted by molar-refractivity contribution is 0.904. The lowest BCUT2D eigenvalue weighted by atomic mass is 10.6. The summed E-state index contributed by atoms with van der Waals surface area (Å²) >= 11 is 1.50. The Morgan fingerprint density at radius 2 is 1.44 bits per heavy atom. The number of rotatable bonds is 9. The van der Waals surface area contributed by atoms with Crippen LogP contribution in [0, 0.1) is 0 Å². The highest BCUT2D eigenvalue weighted by molar-refractivity contribution is 7.99. The Kier molecular flexibility index (Phi) is 6.56.